The standard InChI is InChI=1S/C10H10N2O/c1-7-5-11-10-4-8(6-13)2-3-9(10)12-7/h2-5,13H,6H2,1H3. The molecule has 0 radical (unpaired) electrons. The van der Waals surface area contributed by atoms with Crippen molar-refractivity contribution in [2.24, 2.45) is 0 Å². The third-order valence-corrected chi connectivity index (χ3v) is 1.91. The van der Waals surface area contributed by atoms with E-state index in [1.54, 1.807) is 6.20 Å². The van der Waals surface area contributed by atoms with Crippen LogP contribution < -0.4 is 0 Å². The minimum atomic E-state index is 0.0471. The van der Waals surface area contributed by atoms with E-state index in [0.717, 1.165) is 22.3 Å². The third-order valence-electron chi connectivity index (χ3n) is 1.91. The number of aromatic nitrogens is 2. The number of hydrogen-bond acceptors (Lipinski definition) is 3. The zero-order valence-electron chi connectivity index (χ0n) is 7.36. The van der Waals surface area contributed by atoms with Crippen molar-refractivity contribution in [3.8, 4) is 0 Å². The lowest BCUT2D eigenvalue weighted by molar-refractivity contribution is 0.282. The van der Waals surface area contributed by atoms with E-state index >= 15 is 0 Å². The summed E-state index contributed by atoms with van der Waals surface area (Å²) in [5, 5.41) is 8.90. The number of aryl methyl sites for hydroxylation is 1. The van der Waals surface area contributed by atoms with Crippen molar-refractivity contribution in [1.29, 1.82) is 0 Å². The van der Waals surface area contributed by atoms with Gasteiger partial charge in [0.05, 0.1) is 23.3 Å². The fourth-order valence-corrected chi connectivity index (χ4v) is 1.25. The van der Waals surface area contributed by atoms with Crippen molar-refractivity contribution in [2.75, 3.05) is 0 Å². The van der Waals surface area contributed by atoms with Crippen molar-refractivity contribution >= 4 is 11.0 Å². The Hall–Kier alpha value is -1.48. The maximum Gasteiger partial charge on any atom is 0.0890 e. The van der Waals surface area contributed by atoms with Crippen LogP contribution in [0.25, 0.3) is 11.0 Å². The summed E-state index contributed by atoms with van der Waals surface area (Å²) >= 11 is 0. The molecule has 1 aromatic heterocycles. The smallest absolute Gasteiger partial charge is 0.0890 e. The minimum absolute atomic E-state index is 0.0471. The molecular weight excluding hydrogens is 164 g/mol. The molecule has 0 amide bonds. The van der Waals surface area contributed by atoms with Crippen LogP contribution in [0.1, 0.15) is 11.3 Å². The molecule has 0 aliphatic carbocycles. The Morgan fingerprint density at radius 1 is 1.31 bits per heavy atom. The molecule has 1 aromatic carbocycles. The van der Waals surface area contributed by atoms with Gasteiger partial charge >= 0.3 is 0 Å². The lowest BCUT2D eigenvalue weighted by Gasteiger charge is -1.99. The van der Waals surface area contributed by atoms with Gasteiger partial charge in [0.25, 0.3) is 0 Å². The van der Waals surface area contributed by atoms with E-state index in [9.17, 15) is 0 Å². The van der Waals surface area contributed by atoms with Gasteiger partial charge < -0.3 is 5.11 Å². The Labute approximate surface area is 76.1 Å². The van der Waals surface area contributed by atoms with E-state index < -0.39 is 0 Å². The first-order chi connectivity index (χ1) is 6.29. The zero-order chi connectivity index (χ0) is 9.26. The summed E-state index contributed by atoms with van der Waals surface area (Å²) in [6, 6.07) is 5.58. The molecule has 0 aliphatic rings. The molecule has 2 aromatic rings. The van der Waals surface area contributed by atoms with E-state index in [4.69, 9.17) is 5.11 Å². The van der Waals surface area contributed by atoms with Crippen molar-refractivity contribution < 1.29 is 5.11 Å². The summed E-state index contributed by atoms with van der Waals surface area (Å²) < 4.78 is 0. The molecule has 1 heterocycles. The minimum Gasteiger partial charge on any atom is -0.392 e. The van der Waals surface area contributed by atoms with E-state index in [0.29, 0.717) is 0 Å². The molecular formula is C10H10N2O. The SMILES string of the molecule is Cc1cnc2cc(CO)ccc2n1. The van der Waals surface area contributed by atoms with Crippen molar-refractivity contribution in [2.45, 2.75) is 13.5 Å². The Kier molecular flexibility index (Phi) is 1.94. The topological polar surface area (TPSA) is 46.0 Å². The normalized spacial score (nSPS) is 10.6. The monoisotopic (exact) mass is 174 g/mol. The van der Waals surface area contributed by atoms with Crippen LogP contribution in [0.5, 0.6) is 0 Å². The van der Waals surface area contributed by atoms with Crippen LogP contribution in [-0.4, -0.2) is 15.1 Å². The van der Waals surface area contributed by atoms with Crippen LogP contribution in [0.3, 0.4) is 0 Å². The van der Waals surface area contributed by atoms with Crippen LogP contribution in [0.2, 0.25) is 0 Å². The number of benzene rings is 1. The maximum atomic E-state index is 8.90. The fraction of sp³-hybridized carbons (Fsp3) is 0.200. The quantitative estimate of drug-likeness (QED) is 0.711. The highest BCUT2D eigenvalue weighted by Gasteiger charge is 1.97. The first-order valence-electron chi connectivity index (χ1n) is 4.13. The molecule has 0 bridgehead atoms. The predicted octanol–water partition coefficient (Wildman–Crippen LogP) is 1.43. The number of rotatable bonds is 1. The highest BCUT2D eigenvalue weighted by Crippen LogP contribution is 2.11. The molecule has 0 saturated heterocycles. The number of aliphatic hydroxyl groups is 1. The first kappa shape index (κ1) is 8.13. The van der Waals surface area contributed by atoms with Crippen molar-refractivity contribution in [3.05, 3.63) is 35.7 Å². The van der Waals surface area contributed by atoms with Gasteiger partial charge in [-0.15, -0.1) is 0 Å². The summed E-state index contributed by atoms with van der Waals surface area (Å²) in [5.41, 5.74) is 3.48. The second-order valence-electron chi connectivity index (χ2n) is 2.99. The molecule has 3 nitrogen and oxygen atoms in total. The summed E-state index contributed by atoms with van der Waals surface area (Å²) in [5.74, 6) is 0. The average molecular weight is 174 g/mol. The number of aliphatic hydroxyl groups excluding tert-OH is 1. The Morgan fingerprint density at radius 3 is 2.92 bits per heavy atom. The van der Waals surface area contributed by atoms with E-state index in [1.807, 2.05) is 25.1 Å². The van der Waals surface area contributed by atoms with Gasteiger partial charge in [-0.05, 0) is 24.6 Å². The fourth-order valence-electron chi connectivity index (χ4n) is 1.25. The lowest BCUT2D eigenvalue weighted by Crippen LogP contribution is -1.89. The van der Waals surface area contributed by atoms with Gasteiger partial charge in [-0.3, -0.25) is 4.98 Å². The Morgan fingerprint density at radius 2 is 2.15 bits per heavy atom. The molecule has 1 N–H and O–H groups in total. The van der Waals surface area contributed by atoms with E-state index in [2.05, 4.69) is 9.97 Å². The highest BCUT2D eigenvalue weighted by atomic mass is 16.3. The van der Waals surface area contributed by atoms with Crippen molar-refractivity contribution in [3.63, 3.8) is 0 Å². The van der Waals surface area contributed by atoms with Gasteiger partial charge in [-0.2, -0.15) is 0 Å². The Balaban J connectivity index is 2.66. The summed E-state index contributed by atoms with van der Waals surface area (Å²) in [7, 11) is 0. The first-order valence-corrected chi connectivity index (χ1v) is 4.13. The molecule has 13 heavy (non-hydrogen) atoms. The highest BCUT2D eigenvalue weighted by molar-refractivity contribution is 5.74. The van der Waals surface area contributed by atoms with Gasteiger partial charge in [0.2, 0.25) is 0 Å². The van der Waals surface area contributed by atoms with Gasteiger partial charge in [-0.25, -0.2) is 4.98 Å². The predicted molar refractivity (Wildman–Crippen MR) is 50.2 cm³/mol. The molecule has 0 aliphatic heterocycles. The second kappa shape index (κ2) is 3.11. The van der Waals surface area contributed by atoms with Crippen LogP contribution in [-0.2, 0) is 6.61 Å². The summed E-state index contributed by atoms with van der Waals surface area (Å²) in [6.07, 6.45) is 1.73. The van der Waals surface area contributed by atoms with Crippen LogP contribution >= 0.6 is 0 Å². The molecule has 0 saturated carbocycles. The molecule has 2 rings (SSSR count). The molecule has 0 atom stereocenters. The third kappa shape index (κ3) is 1.51. The largest absolute Gasteiger partial charge is 0.392 e. The molecule has 0 spiro atoms. The van der Waals surface area contributed by atoms with Crippen LogP contribution in [0.15, 0.2) is 24.4 Å². The lowest BCUT2D eigenvalue weighted by atomic mass is 10.2. The van der Waals surface area contributed by atoms with Crippen molar-refractivity contribution in [1.82, 2.24) is 9.97 Å². The second-order valence-corrected chi connectivity index (χ2v) is 2.99. The molecule has 3 heteroatoms. The zero-order valence-corrected chi connectivity index (χ0v) is 7.36. The van der Waals surface area contributed by atoms with Gasteiger partial charge in [0.15, 0.2) is 0 Å². The average Bonchev–Trinajstić information content (AvgIpc) is 2.17. The van der Waals surface area contributed by atoms with Crippen LogP contribution in [0.4, 0.5) is 0 Å². The van der Waals surface area contributed by atoms with Crippen LogP contribution in [0, 0.1) is 6.92 Å². The van der Waals surface area contributed by atoms with E-state index in [-0.39, 0.29) is 6.61 Å². The van der Waals surface area contributed by atoms with E-state index in [1.165, 1.54) is 0 Å². The number of fused-ring (bicyclic) bond motifs is 1. The molecule has 0 fully saturated rings. The summed E-state index contributed by atoms with van der Waals surface area (Å²) in [6.45, 7) is 1.96. The van der Waals surface area contributed by atoms with Gasteiger partial charge in [-0.1, -0.05) is 6.07 Å². The summed E-state index contributed by atoms with van der Waals surface area (Å²) in [4.78, 5) is 8.52. The number of hydrogen-bond donors (Lipinski definition) is 1. The maximum absolute atomic E-state index is 8.90. The Bertz CT molecular complexity index is 440. The molecule has 0 unspecified atom stereocenters. The number of nitrogens with zero attached hydrogens (tertiary/aromatic N) is 2. The van der Waals surface area contributed by atoms with Gasteiger partial charge in [0, 0.05) is 6.20 Å². The van der Waals surface area contributed by atoms with Gasteiger partial charge in [0.1, 0.15) is 0 Å². The molecule has 66 valence electrons.